The lowest BCUT2D eigenvalue weighted by Gasteiger charge is -2.35. The first-order chi connectivity index (χ1) is 19.5. The molecule has 9 heteroatoms. The number of amides is 2. The Labute approximate surface area is 243 Å². The van der Waals surface area contributed by atoms with Crippen LogP contribution in [-0.2, 0) is 19.1 Å². The maximum Gasteiger partial charge on any atom is 0.325 e. The summed E-state index contributed by atoms with van der Waals surface area (Å²) in [5.74, 6) is -1.09. The fraction of sp³-hybridized carbons (Fsp3) is 0.500. The highest BCUT2D eigenvalue weighted by Gasteiger charge is 2.30. The summed E-state index contributed by atoms with van der Waals surface area (Å²) in [5.41, 5.74) is 4.98. The number of hydrazine groups is 1. The van der Waals surface area contributed by atoms with E-state index in [4.69, 9.17) is 4.74 Å². The van der Waals surface area contributed by atoms with Crippen molar-refractivity contribution in [2.75, 3.05) is 13.1 Å². The molecule has 0 aliphatic carbocycles. The van der Waals surface area contributed by atoms with E-state index in [1.54, 1.807) is 25.3 Å². The average Bonchev–Trinajstić information content (AvgIpc) is 2.94. The zero-order valence-corrected chi connectivity index (χ0v) is 25.1. The molecule has 5 atom stereocenters. The minimum absolute atomic E-state index is 0.0680. The molecule has 0 bridgehead atoms. The highest BCUT2D eigenvalue weighted by molar-refractivity contribution is 5.89. The summed E-state index contributed by atoms with van der Waals surface area (Å²) < 4.78 is 5.85. The van der Waals surface area contributed by atoms with Gasteiger partial charge >= 0.3 is 5.97 Å². The molecule has 9 nitrogen and oxygen atoms in total. The zero-order valence-electron chi connectivity index (χ0n) is 25.1. The van der Waals surface area contributed by atoms with Gasteiger partial charge in [-0.2, -0.15) is 0 Å². The predicted molar refractivity (Wildman–Crippen MR) is 162 cm³/mol. The van der Waals surface area contributed by atoms with Gasteiger partial charge in [-0.15, -0.1) is 0 Å². The molecule has 0 radical (unpaired) electrons. The van der Waals surface area contributed by atoms with E-state index in [1.807, 2.05) is 70.0 Å². The van der Waals surface area contributed by atoms with E-state index in [-0.39, 0.29) is 35.7 Å². The number of rotatable bonds is 12. The number of esters is 1. The van der Waals surface area contributed by atoms with E-state index in [1.165, 1.54) is 0 Å². The number of allylic oxidation sites excluding steroid dienone is 1. The summed E-state index contributed by atoms with van der Waals surface area (Å²) in [6.07, 6.45) is 8.21. The second-order valence-electron chi connectivity index (χ2n) is 11.2. The van der Waals surface area contributed by atoms with Crippen molar-refractivity contribution in [1.82, 2.24) is 26.1 Å². The van der Waals surface area contributed by atoms with Crippen molar-refractivity contribution >= 4 is 34.6 Å². The number of nitrogens with one attached hydrogen (secondary N) is 3. The molecule has 222 valence electrons. The Bertz CT molecular complexity index is 1260. The molecule has 2 aromatic rings. The van der Waals surface area contributed by atoms with Crippen molar-refractivity contribution in [2.45, 2.75) is 78.6 Å². The molecule has 3 N–H and O–H groups in total. The normalized spacial score (nSPS) is 19.0. The zero-order chi connectivity index (χ0) is 30.1. The molecular weight excluding hydrogens is 518 g/mol. The fourth-order valence-corrected chi connectivity index (χ4v) is 4.92. The van der Waals surface area contributed by atoms with Crippen molar-refractivity contribution in [3.63, 3.8) is 0 Å². The highest BCUT2D eigenvalue weighted by Crippen LogP contribution is 2.24. The number of ether oxygens (including phenoxy) is 1. The number of pyridine rings is 1. The van der Waals surface area contributed by atoms with Gasteiger partial charge in [0.05, 0.1) is 11.6 Å². The Balaban J connectivity index is 1.54. The van der Waals surface area contributed by atoms with Crippen LogP contribution in [0.5, 0.6) is 0 Å². The molecule has 1 saturated heterocycles. The van der Waals surface area contributed by atoms with Gasteiger partial charge in [-0.3, -0.25) is 19.4 Å². The lowest BCUT2D eigenvalue weighted by Crippen LogP contribution is -2.58. The molecule has 2 amide bonds. The van der Waals surface area contributed by atoms with Crippen LogP contribution < -0.4 is 16.1 Å². The van der Waals surface area contributed by atoms with Crippen LogP contribution in [0.25, 0.3) is 16.8 Å². The van der Waals surface area contributed by atoms with E-state index in [0.29, 0.717) is 13.0 Å². The van der Waals surface area contributed by atoms with Crippen LogP contribution in [0, 0.1) is 11.8 Å². The summed E-state index contributed by atoms with van der Waals surface area (Å²) in [6.45, 7) is 16.3. The molecule has 1 fully saturated rings. The molecule has 1 aliphatic heterocycles. The van der Waals surface area contributed by atoms with Crippen molar-refractivity contribution in [2.24, 2.45) is 11.8 Å². The van der Waals surface area contributed by atoms with Crippen LogP contribution in [0.4, 0.5) is 0 Å². The monoisotopic (exact) mass is 563 g/mol. The summed E-state index contributed by atoms with van der Waals surface area (Å²) in [6, 6.07) is 6.59. The maximum atomic E-state index is 13.1. The summed E-state index contributed by atoms with van der Waals surface area (Å²) in [5, 5.41) is 9.89. The van der Waals surface area contributed by atoms with Gasteiger partial charge in [0.1, 0.15) is 18.2 Å². The molecule has 1 aliphatic rings. The number of fused-ring (bicyclic) bond motifs is 1. The van der Waals surface area contributed by atoms with Crippen molar-refractivity contribution in [1.29, 1.82) is 0 Å². The summed E-state index contributed by atoms with van der Waals surface area (Å²) >= 11 is 0. The number of carbonyl (C=O) groups is 3. The van der Waals surface area contributed by atoms with Gasteiger partial charge in [0, 0.05) is 30.7 Å². The van der Waals surface area contributed by atoms with E-state index in [2.05, 4.69) is 27.6 Å². The van der Waals surface area contributed by atoms with Crippen molar-refractivity contribution in [3.8, 4) is 0 Å². The van der Waals surface area contributed by atoms with Crippen molar-refractivity contribution < 1.29 is 19.1 Å². The van der Waals surface area contributed by atoms with Crippen molar-refractivity contribution in [3.05, 3.63) is 60.5 Å². The molecule has 41 heavy (non-hydrogen) atoms. The smallest absolute Gasteiger partial charge is 0.325 e. The van der Waals surface area contributed by atoms with E-state index in [0.717, 1.165) is 35.0 Å². The van der Waals surface area contributed by atoms with E-state index < -0.39 is 18.2 Å². The first kappa shape index (κ1) is 32.0. The number of nitrogens with zero attached hydrogens (tertiary/aromatic N) is 2. The number of aromatic nitrogens is 1. The largest absolute Gasteiger partial charge is 0.457 e. The van der Waals surface area contributed by atoms with Gasteiger partial charge in [0.15, 0.2) is 0 Å². The third kappa shape index (κ3) is 8.96. The van der Waals surface area contributed by atoms with E-state index in [9.17, 15) is 14.4 Å². The highest BCUT2D eigenvalue weighted by atomic mass is 16.5. The van der Waals surface area contributed by atoms with Gasteiger partial charge < -0.3 is 15.4 Å². The first-order valence-corrected chi connectivity index (χ1v) is 14.5. The minimum Gasteiger partial charge on any atom is -0.457 e. The van der Waals surface area contributed by atoms with Crippen LogP contribution in [0.2, 0.25) is 0 Å². The molecule has 3 rings (SSSR count). The van der Waals surface area contributed by atoms with Gasteiger partial charge in [0.2, 0.25) is 11.8 Å². The second kappa shape index (κ2) is 14.9. The number of hydrogen-bond donors (Lipinski definition) is 3. The Morgan fingerprint density at radius 3 is 2.56 bits per heavy atom. The Kier molecular flexibility index (Phi) is 11.6. The lowest BCUT2D eigenvalue weighted by atomic mass is 10.0. The van der Waals surface area contributed by atoms with E-state index >= 15 is 0 Å². The van der Waals surface area contributed by atoms with Gasteiger partial charge in [-0.05, 0) is 68.7 Å². The molecule has 5 unspecified atom stereocenters. The predicted octanol–water partition coefficient (Wildman–Crippen LogP) is 4.31. The van der Waals surface area contributed by atoms with Crippen LogP contribution in [0.15, 0.2) is 49.2 Å². The molecule has 2 heterocycles. The SMILES string of the molecule is C=Cc1cc2cc(C(C)OC(=O)C3CCCN(CC(C)NC(=O)C(NC(=O)C(C)C=CC)C(C)C)N3)ccc2cn1. The lowest BCUT2D eigenvalue weighted by molar-refractivity contribution is -0.154. The van der Waals surface area contributed by atoms with Crippen LogP contribution >= 0.6 is 0 Å². The third-order valence-corrected chi connectivity index (χ3v) is 7.31. The fourth-order valence-electron chi connectivity index (χ4n) is 4.92. The third-order valence-electron chi connectivity index (χ3n) is 7.31. The number of benzene rings is 1. The maximum absolute atomic E-state index is 13.1. The molecule has 1 aromatic carbocycles. The standard InChI is InChI=1S/C32H45N5O4/c1-8-11-21(5)30(38)35-29(20(3)4)31(39)34-22(6)19-37-15-10-12-28(36-37)32(40)41-23(7)24-13-14-25-18-33-27(9-2)17-26(25)16-24/h8-9,11,13-14,16-18,20-23,28-29,36H,2,10,12,15,19H2,1,3-7H3,(H,34,39)(H,35,38). The van der Waals surface area contributed by atoms with Gasteiger partial charge in [-0.1, -0.05) is 51.6 Å². The van der Waals surface area contributed by atoms with Gasteiger partial charge in [0.25, 0.3) is 0 Å². The first-order valence-electron chi connectivity index (χ1n) is 14.5. The molecule has 0 spiro atoms. The number of hydrogen-bond acceptors (Lipinski definition) is 7. The van der Waals surface area contributed by atoms with Gasteiger partial charge in [-0.25, -0.2) is 10.4 Å². The van der Waals surface area contributed by atoms with Crippen LogP contribution in [0.3, 0.4) is 0 Å². The molecular formula is C32H45N5O4. The number of carbonyl (C=O) groups excluding carboxylic acids is 3. The Morgan fingerprint density at radius 1 is 1.12 bits per heavy atom. The summed E-state index contributed by atoms with van der Waals surface area (Å²) in [7, 11) is 0. The average molecular weight is 564 g/mol. The topological polar surface area (TPSA) is 113 Å². The minimum atomic E-state index is -0.633. The summed E-state index contributed by atoms with van der Waals surface area (Å²) in [4.78, 5) is 42.9. The van der Waals surface area contributed by atoms with Crippen LogP contribution in [0.1, 0.15) is 71.7 Å². The molecule has 1 aromatic heterocycles. The van der Waals surface area contributed by atoms with Crippen LogP contribution in [-0.4, -0.2) is 59.0 Å². The Morgan fingerprint density at radius 2 is 1.88 bits per heavy atom. The molecule has 0 saturated carbocycles. The quantitative estimate of drug-likeness (QED) is 0.261. The second-order valence-corrected chi connectivity index (χ2v) is 11.2. The Hall–Kier alpha value is -3.56.